The van der Waals surface area contributed by atoms with Crippen LogP contribution in [0, 0.1) is 0 Å². The van der Waals surface area contributed by atoms with Crippen LogP contribution in [0.4, 0.5) is 0 Å². The zero-order valence-electron chi connectivity index (χ0n) is 12.7. The molecular weight excluding hydrogens is 342 g/mol. The molecular formula is C15H18ClNO3S2. The summed E-state index contributed by atoms with van der Waals surface area (Å²) in [6, 6.07) is 7.14. The van der Waals surface area contributed by atoms with Gasteiger partial charge in [0, 0.05) is 28.9 Å². The van der Waals surface area contributed by atoms with E-state index in [2.05, 4.69) is 0 Å². The monoisotopic (exact) mass is 359 g/mol. The van der Waals surface area contributed by atoms with E-state index in [4.69, 9.17) is 11.6 Å². The molecule has 0 aliphatic rings. The Kier molecular flexibility index (Phi) is 5.14. The Balaban J connectivity index is 2.28. The summed E-state index contributed by atoms with van der Waals surface area (Å²) in [5.74, 6) is -0.220. The second kappa shape index (κ2) is 6.56. The molecule has 1 aromatic carbocycles. The van der Waals surface area contributed by atoms with Crippen LogP contribution >= 0.6 is 22.9 Å². The Morgan fingerprint density at radius 3 is 2.59 bits per heavy atom. The molecule has 0 aliphatic heterocycles. The SMILES string of the molecule is CCS(=O)(=O)CC(C)N(C)C(=O)c1sc2ccccc2c1Cl. The number of fused-ring (bicyclic) bond motifs is 1. The minimum Gasteiger partial charge on any atom is -0.337 e. The molecule has 1 atom stereocenters. The number of halogens is 1. The van der Waals surface area contributed by atoms with E-state index in [1.165, 1.54) is 16.2 Å². The summed E-state index contributed by atoms with van der Waals surface area (Å²) in [6.45, 7) is 3.33. The smallest absolute Gasteiger partial charge is 0.265 e. The number of hydrogen-bond donors (Lipinski definition) is 0. The number of rotatable bonds is 5. The van der Waals surface area contributed by atoms with Crippen molar-refractivity contribution in [3.63, 3.8) is 0 Å². The molecule has 0 fully saturated rings. The molecule has 120 valence electrons. The summed E-state index contributed by atoms with van der Waals surface area (Å²) in [7, 11) is -1.53. The largest absolute Gasteiger partial charge is 0.337 e. The van der Waals surface area contributed by atoms with Crippen LogP contribution < -0.4 is 0 Å². The Bertz CT molecular complexity index is 798. The van der Waals surface area contributed by atoms with Crippen molar-refractivity contribution in [2.24, 2.45) is 0 Å². The van der Waals surface area contributed by atoms with Crippen molar-refractivity contribution in [2.45, 2.75) is 19.9 Å². The maximum Gasteiger partial charge on any atom is 0.265 e. The molecule has 2 rings (SSSR count). The summed E-state index contributed by atoms with van der Waals surface area (Å²) < 4.78 is 24.4. The summed E-state index contributed by atoms with van der Waals surface area (Å²) >= 11 is 7.63. The highest BCUT2D eigenvalue weighted by Gasteiger charge is 2.25. The molecule has 1 unspecified atom stereocenters. The number of carbonyl (C=O) groups excluding carboxylic acids is 1. The minimum absolute atomic E-state index is 0.0474. The van der Waals surface area contributed by atoms with Gasteiger partial charge < -0.3 is 4.90 Å². The van der Waals surface area contributed by atoms with Gasteiger partial charge >= 0.3 is 0 Å². The molecule has 0 saturated heterocycles. The molecule has 0 spiro atoms. The quantitative estimate of drug-likeness (QED) is 0.821. The first-order valence-electron chi connectivity index (χ1n) is 6.91. The maximum absolute atomic E-state index is 12.6. The Labute approximate surface area is 139 Å². The van der Waals surface area contributed by atoms with E-state index in [1.807, 2.05) is 24.3 Å². The summed E-state index contributed by atoms with van der Waals surface area (Å²) in [5.41, 5.74) is 0. The number of carbonyl (C=O) groups is 1. The van der Waals surface area contributed by atoms with Gasteiger partial charge in [-0.1, -0.05) is 36.7 Å². The number of amides is 1. The molecule has 0 bridgehead atoms. The molecule has 7 heteroatoms. The zero-order chi connectivity index (χ0) is 16.5. The van der Waals surface area contributed by atoms with E-state index < -0.39 is 15.9 Å². The van der Waals surface area contributed by atoms with E-state index in [0.29, 0.717) is 9.90 Å². The molecule has 1 heterocycles. The summed E-state index contributed by atoms with van der Waals surface area (Å²) in [5, 5.41) is 1.28. The van der Waals surface area contributed by atoms with Crippen LogP contribution in [-0.4, -0.2) is 43.8 Å². The molecule has 22 heavy (non-hydrogen) atoms. The van der Waals surface area contributed by atoms with Crippen molar-refractivity contribution in [3.05, 3.63) is 34.2 Å². The maximum atomic E-state index is 12.6. The number of sulfone groups is 1. The van der Waals surface area contributed by atoms with E-state index in [-0.39, 0.29) is 17.4 Å². The van der Waals surface area contributed by atoms with Gasteiger partial charge in [0.25, 0.3) is 5.91 Å². The summed E-state index contributed by atoms with van der Waals surface area (Å²) in [4.78, 5) is 14.5. The topological polar surface area (TPSA) is 54.5 Å². The van der Waals surface area contributed by atoms with E-state index in [9.17, 15) is 13.2 Å². The minimum atomic E-state index is -3.14. The van der Waals surface area contributed by atoms with Gasteiger partial charge in [0.2, 0.25) is 0 Å². The van der Waals surface area contributed by atoms with Crippen molar-refractivity contribution in [2.75, 3.05) is 18.6 Å². The first-order chi connectivity index (χ1) is 10.3. The average Bonchev–Trinajstić information content (AvgIpc) is 2.83. The van der Waals surface area contributed by atoms with Crippen LogP contribution in [0.3, 0.4) is 0 Å². The van der Waals surface area contributed by atoms with Gasteiger partial charge in [-0.15, -0.1) is 11.3 Å². The highest BCUT2D eigenvalue weighted by Crippen LogP contribution is 2.35. The van der Waals surface area contributed by atoms with E-state index >= 15 is 0 Å². The number of hydrogen-bond acceptors (Lipinski definition) is 4. The number of nitrogens with zero attached hydrogens (tertiary/aromatic N) is 1. The second-order valence-corrected chi connectivity index (χ2v) is 9.03. The van der Waals surface area contributed by atoms with Crippen molar-refractivity contribution < 1.29 is 13.2 Å². The lowest BCUT2D eigenvalue weighted by atomic mass is 10.2. The fourth-order valence-corrected chi connectivity index (χ4v) is 4.80. The third-order valence-electron chi connectivity index (χ3n) is 3.65. The van der Waals surface area contributed by atoms with Crippen LogP contribution in [-0.2, 0) is 9.84 Å². The van der Waals surface area contributed by atoms with Crippen LogP contribution in [0.25, 0.3) is 10.1 Å². The lowest BCUT2D eigenvalue weighted by Crippen LogP contribution is -2.39. The number of thiophene rings is 1. The van der Waals surface area contributed by atoms with E-state index in [0.717, 1.165) is 10.1 Å². The molecule has 1 aromatic heterocycles. The highest BCUT2D eigenvalue weighted by atomic mass is 35.5. The molecule has 0 N–H and O–H groups in total. The van der Waals surface area contributed by atoms with Gasteiger partial charge in [-0.3, -0.25) is 4.79 Å². The fraction of sp³-hybridized carbons (Fsp3) is 0.400. The second-order valence-electron chi connectivity index (χ2n) is 5.21. The van der Waals surface area contributed by atoms with Gasteiger partial charge in [0.1, 0.15) is 4.88 Å². The lowest BCUT2D eigenvalue weighted by molar-refractivity contribution is 0.0762. The fourth-order valence-electron chi connectivity index (χ4n) is 2.11. The van der Waals surface area contributed by atoms with Crippen molar-refractivity contribution in [1.29, 1.82) is 0 Å². The predicted octanol–water partition coefficient (Wildman–Crippen LogP) is 3.45. The van der Waals surface area contributed by atoms with Crippen molar-refractivity contribution >= 4 is 48.8 Å². The Morgan fingerprint density at radius 1 is 1.36 bits per heavy atom. The Hall–Kier alpha value is -1.11. The van der Waals surface area contributed by atoms with Gasteiger partial charge in [0.05, 0.1) is 10.8 Å². The van der Waals surface area contributed by atoms with Crippen molar-refractivity contribution in [1.82, 2.24) is 4.90 Å². The van der Waals surface area contributed by atoms with Gasteiger partial charge in [0.15, 0.2) is 9.84 Å². The normalized spacial score (nSPS) is 13.3. The van der Waals surface area contributed by atoms with Crippen molar-refractivity contribution in [3.8, 4) is 0 Å². The van der Waals surface area contributed by atoms with Gasteiger partial charge in [-0.05, 0) is 13.0 Å². The molecule has 0 aliphatic carbocycles. The first-order valence-corrected chi connectivity index (χ1v) is 9.93. The molecule has 0 radical (unpaired) electrons. The van der Waals surface area contributed by atoms with E-state index in [1.54, 1.807) is 20.9 Å². The lowest BCUT2D eigenvalue weighted by Gasteiger charge is -2.24. The van der Waals surface area contributed by atoms with Gasteiger partial charge in [-0.2, -0.15) is 0 Å². The third kappa shape index (κ3) is 3.45. The molecule has 4 nitrogen and oxygen atoms in total. The van der Waals surface area contributed by atoms with Crippen LogP contribution in [0.5, 0.6) is 0 Å². The standard InChI is InChI=1S/C15H18ClNO3S2/c1-4-22(19,20)9-10(2)17(3)15(18)14-13(16)11-7-5-6-8-12(11)21-14/h5-8,10H,4,9H2,1-3H3. The molecule has 1 amide bonds. The molecule has 2 aromatic rings. The summed E-state index contributed by atoms with van der Waals surface area (Å²) in [6.07, 6.45) is 0. The predicted molar refractivity (Wildman–Crippen MR) is 92.7 cm³/mol. The molecule has 0 saturated carbocycles. The van der Waals surface area contributed by atoms with Crippen LogP contribution in [0.2, 0.25) is 5.02 Å². The first kappa shape index (κ1) is 17.2. The average molecular weight is 360 g/mol. The zero-order valence-corrected chi connectivity index (χ0v) is 15.1. The Morgan fingerprint density at radius 2 is 2.00 bits per heavy atom. The van der Waals surface area contributed by atoms with Crippen LogP contribution in [0.15, 0.2) is 24.3 Å². The highest BCUT2D eigenvalue weighted by molar-refractivity contribution is 7.91. The number of benzene rings is 1. The van der Waals surface area contributed by atoms with Gasteiger partial charge in [-0.25, -0.2) is 8.42 Å². The van der Waals surface area contributed by atoms with Crippen LogP contribution in [0.1, 0.15) is 23.5 Å². The third-order valence-corrected chi connectivity index (χ3v) is 7.18.